The lowest BCUT2D eigenvalue weighted by Crippen LogP contribution is -2.12. The lowest BCUT2D eigenvalue weighted by Gasteiger charge is -2.09. The zero-order valence-electron chi connectivity index (χ0n) is 15.7. The molecule has 140 valence electrons. The number of nitrogens with one attached hydrogen (secondary N) is 1. The van der Waals surface area contributed by atoms with E-state index >= 15 is 0 Å². The number of hydrogen-bond donors (Lipinski definition) is 1. The summed E-state index contributed by atoms with van der Waals surface area (Å²) in [7, 11) is 1.82. The van der Waals surface area contributed by atoms with E-state index in [1.807, 2.05) is 63.4 Å². The van der Waals surface area contributed by atoms with Crippen molar-refractivity contribution < 1.29 is 14.3 Å². The van der Waals surface area contributed by atoms with Gasteiger partial charge in [-0.25, -0.2) is 0 Å². The van der Waals surface area contributed by atoms with Crippen molar-refractivity contribution in [3.05, 3.63) is 71.5 Å². The number of hydrogen-bond acceptors (Lipinski definition) is 4. The standard InChI is InChI=1S/C21H23N3O3/c1-4-26-18-8-10-19(11-9-18)27-14-16-6-5-7-17(12-16)21(25)22-20-13-24(3)23-15(20)2/h5-13H,4,14H2,1-3H3,(H,22,25). The molecular formula is C21H23N3O3. The lowest BCUT2D eigenvalue weighted by atomic mass is 10.1. The number of aryl methyl sites for hydroxylation is 2. The van der Waals surface area contributed by atoms with Crippen LogP contribution >= 0.6 is 0 Å². The number of anilines is 1. The summed E-state index contributed by atoms with van der Waals surface area (Å²) in [5.41, 5.74) is 2.98. The van der Waals surface area contributed by atoms with Crippen molar-refractivity contribution in [2.24, 2.45) is 7.05 Å². The van der Waals surface area contributed by atoms with E-state index in [-0.39, 0.29) is 5.91 Å². The molecule has 0 bridgehead atoms. The van der Waals surface area contributed by atoms with Crippen molar-refractivity contribution in [2.45, 2.75) is 20.5 Å². The average molecular weight is 365 g/mol. The summed E-state index contributed by atoms with van der Waals surface area (Å²) in [5, 5.41) is 7.12. The maximum Gasteiger partial charge on any atom is 0.255 e. The Labute approximate surface area is 158 Å². The minimum absolute atomic E-state index is 0.172. The highest BCUT2D eigenvalue weighted by molar-refractivity contribution is 6.04. The molecule has 1 N–H and O–H groups in total. The molecule has 0 aliphatic heterocycles. The Morgan fingerprint density at radius 2 is 1.81 bits per heavy atom. The fourth-order valence-corrected chi connectivity index (χ4v) is 2.68. The molecule has 0 radical (unpaired) electrons. The quantitative estimate of drug-likeness (QED) is 0.688. The van der Waals surface area contributed by atoms with Gasteiger partial charge in [0.05, 0.1) is 18.0 Å². The first-order chi connectivity index (χ1) is 13.0. The molecule has 27 heavy (non-hydrogen) atoms. The highest BCUT2D eigenvalue weighted by Gasteiger charge is 2.10. The summed E-state index contributed by atoms with van der Waals surface area (Å²) in [6, 6.07) is 14.9. The predicted octanol–water partition coefficient (Wildman–Crippen LogP) is 3.96. The molecule has 1 heterocycles. The van der Waals surface area contributed by atoms with Gasteiger partial charge in [0.15, 0.2) is 0 Å². The van der Waals surface area contributed by atoms with Gasteiger partial charge >= 0.3 is 0 Å². The van der Waals surface area contributed by atoms with Gasteiger partial charge in [0.25, 0.3) is 5.91 Å². The average Bonchev–Trinajstić information content (AvgIpc) is 2.98. The van der Waals surface area contributed by atoms with Gasteiger partial charge < -0.3 is 14.8 Å². The van der Waals surface area contributed by atoms with Crippen LogP contribution in [0.1, 0.15) is 28.5 Å². The molecule has 0 fully saturated rings. The third-order valence-electron chi connectivity index (χ3n) is 3.99. The first kappa shape index (κ1) is 18.5. The van der Waals surface area contributed by atoms with Gasteiger partial charge in [-0.2, -0.15) is 5.10 Å². The third kappa shape index (κ3) is 4.88. The number of amides is 1. The highest BCUT2D eigenvalue weighted by Crippen LogP contribution is 2.19. The Balaban J connectivity index is 1.62. The number of aromatic nitrogens is 2. The van der Waals surface area contributed by atoms with E-state index in [2.05, 4.69) is 10.4 Å². The van der Waals surface area contributed by atoms with Gasteiger partial charge in [-0.1, -0.05) is 12.1 Å². The van der Waals surface area contributed by atoms with Crippen LogP contribution in [-0.4, -0.2) is 22.3 Å². The Morgan fingerprint density at radius 3 is 2.44 bits per heavy atom. The van der Waals surface area contributed by atoms with Crippen LogP contribution in [-0.2, 0) is 13.7 Å². The summed E-state index contributed by atoms with van der Waals surface area (Å²) < 4.78 is 12.9. The molecule has 0 saturated carbocycles. The van der Waals surface area contributed by atoms with Crippen molar-refractivity contribution >= 4 is 11.6 Å². The first-order valence-electron chi connectivity index (χ1n) is 8.81. The second-order valence-corrected chi connectivity index (χ2v) is 6.15. The molecule has 1 amide bonds. The van der Waals surface area contributed by atoms with Gasteiger partial charge in [0.1, 0.15) is 18.1 Å². The molecule has 6 nitrogen and oxygen atoms in total. The van der Waals surface area contributed by atoms with Gasteiger partial charge in [0.2, 0.25) is 0 Å². The molecule has 6 heteroatoms. The number of nitrogens with zero attached hydrogens (tertiary/aromatic N) is 2. The van der Waals surface area contributed by atoms with Crippen LogP contribution in [0.2, 0.25) is 0 Å². The SMILES string of the molecule is CCOc1ccc(OCc2cccc(C(=O)Nc3cn(C)nc3C)c2)cc1. The van der Waals surface area contributed by atoms with Crippen molar-refractivity contribution in [3.63, 3.8) is 0 Å². The molecule has 0 aliphatic carbocycles. The maximum absolute atomic E-state index is 12.5. The lowest BCUT2D eigenvalue weighted by molar-refractivity contribution is 0.102. The van der Waals surface area contributed by atoms with Crippen molar-refractivity contribution in [2.75, 3.05) is 11.9 Å². The maximum atomic E-state index is 12.5. The molecule has 0 saturated heterocycles. The largest absolute Gasteiger partial charge is 0.494 e. The summed E-state index contributed by atoms with van der Waals surface area (Å²) in [6.45, 7) is 4.81. The van der Waals surface area contributed by atoms with Crippen molar-refractivity contribution in [1.82, 2.24) is 9.78 Å². The van der Waals surface area contributed by atoms with E-state index < -0.39 is 0 Å². The fraction of sp³-hybridized carbons (Fsp3) is 0.238. The van der Waals surface area contributed by atoms with Crippen LogP contribution in [0.4, 0.5) is 5.69 Å². The number of carbonyl (C=O) groups is 1. The number of benzene rings is 2. The predicted molar refractivity (Wildman–Crippen MR) is 104 cm³/mol. The third-order valence-corrected chi connectivity index (χ3v) is 3.99. The summed E-state index contributed by atoms with van der Waals surface area (Å²) in [6.07, 6.45) is 1.78. The van der Waals surface area contributed by atoms with E-state index in [9.17, 15) is 4.79 Å². The smallest absolute Gasteiger partial charge is 0.255 e. The fourth-order valence-electron chi connectivity index (χ4n) is 2.68. The minimum Gasteiger partial charge on any atom is -0.494 e. The zero-order chi connectivity index (χ0) is 19.2. The van der Waals surface area contributed by atoms with Crippen LogP contribution in [0.15, 0.2) is 54.7 Å². The van der Waals surface area contributed by atoms with Crippen LogP contribution in [0.25, 0.3) is 0 Å². The summed E-state index contributed by atoms with van der Waals surface area (Å²) >= 11 is 0. The van der Waals surface area contributed by atoms with Gasteiger partial charge in [-0.05, 0) is 55.8 Å². The van der Waals surface area contributed by atoms with Gasteiger partial charge in [-0.3, -0.25) is 9.48 Å². The van der Waals surface area contributed by atoms with E-state index in [4.69, 9.17) is 9.47 Å². The molecule has 1 aromatic heterocycles. The monoisotopic (exact) mass is 365 g/mol. The Bertz CT molecular complexity index is 917. The molecule has 0 aliphatic rings. The van der Waals surface area contributed by atoms with Gasteiger partial charge in [-0.15, -0.1) is 0 Å². The van der Waals surface area contributed by atoms with Crippen LogP contribution < -0.4 is 14.8 Å². The number of rotatable bonds is 7. The number of carbonyl (C=O) groups excluding carboxylic acids is 1. The van der Waals surface area contributed by atoms with Crippen LogP contribution in [0.5, 0.6) is 11.5 Å². The molecule has 0 spiro atoms. The Morgan fingerprint density at radius 1 is 1.11 bits per heavy atom. The molecular weight excluding hydrogens is 342 g/mol. The first-order valence-corrected chi connectivity index (χ1v) is 8.81. The second kappa shape index (κ2) is 8.40. The minimum atomic E-state index is -0.172. The topological polar surface area (TPSA) is 65.4 Å². The van der Waals surface area contributed by atoms with Crippen molar-refractivity contribution in [3.8, 4) is 11.5 Å². The molecule has 0 unspecified atom stereocenters. The summed E-state index contributed by atoms with van der Waals surface area (Å²) in [4.78, 5) is 12.5. The van der Waals surface area contributed by atoms with E-state index in [1.165, 1.54) is 0 Å². The van der Waals surface area contributed by atoms with Crippen molar-refractivity contribution in [1.29, 1.82) is 0 Å². The Kier molecular flexibility index (Phi) is 5.76. The molecule has 0 atom stereocenters. The van der Waals surface area contributed by atoms with E-state index in [0.29, 0.717) is 24.5 Å². The number of ether oxygens (including phenoxy) is 2. The van der Waals surface area contributed by atoms with E-state index in [1.54, 1.807) is 16.9 Å². The zero-order valence-corrected chi connectivity index (χ0v) is 15.7. The normalized spacial score (nSPS) is 10.5. The molecule has 3 rings (SSSR count). The second-order valence-electron chi connectivity index (χ2n) is 6.15. The van der Waals surface area contributed by atoms with Gasteiger partial charge in [0, 0.05) is 18.8 Å². The Hall–Kier alpha value is -3.28. The van der Waals surface area contributed by atoms with Crippen LogP contribution in [0, 0.1) is 6.92 Å². The van der Waals surface area contributed by atoms with E-state index in [0.717, 1.165) is 22.8 Å². The summed E-state index contributed by atoms with van der Waals surface area (Å²) in [5.74, 6) is 1.39. The van der Waals surface area contributed by atoms with Crippen LogP contribution in [0.3, 0.4) is 0 Å². The molecule has 2 aromatic carbocycles. The molecule has 3 aromatic rings. The highest BCUT2D eigenvalue weighted by atomic mass is 16.5.